The first-order valence-electron chi connectivity index (χ1n) is 30.4. The number of aliphatic hydroxyl groups is 7. The molecule has 0 bridgehead atoms. The highest BCUT2D eigenvalue weighted by Crippen LogP contribution is 2.24. The van der Waals surface area contributed by atoms with Gasteiger partial charge in [0.25, 0.3) is 0 Å². The Kier molecular flexibility index (Phi) is 47.0. The maximum atomic E-state index is 13.2. The maximum absolute atomic E-state index is 13.2. The summed E-state index contributed by atoms with van der Waals surface area (Å²) in [5.41, 5.74) is 0. The third-order valence-electron chi connectivity index (χ3n) is 15.2. The first-order chi connectivity index (χ1) is 34.2. The molecule has 0 aliphatic carbocycles. The van der Waals surface area contributed by atoms with Crippen molar-refractivity contribution >= 4 is 5.91 Å². The summed E-state index contributed by atoms with van der Waals surface area (Å²) in [6.07, 6.45) is 44.4. The lowest BCUT2D eigenvalue weighted by atomic mass is 9.98. The molecular weight excluding hydrogens is 883 g/mol. The summed E-state index contributed by atoms with van der Waals surface area (Å²) in [4.78, 5) is 13.2. The van der Waals surface area contributed by atoms with Crippen molar-refractivity contribution in [1.82, 2.24) is 5.32 Å². The molecule has 1 amide bonds. The molecule has 0 radical (unpaired) electrons. The van der Waals surface area contributed by atoms with Gasteiger partial charge in [-0.3, -0.25) is 4.79 Å². The lowest BCUT2D eigenvalue weighted by Crippen LogP contribution is -2.60. The number of amides is 1. The van der Waals surface area contributed by atoms with E-state index in [0.717, 1.165) is 38.5 Å². The smallest absolute Gasteiger partial charge is 0.249 e. The Balaban J connectivity index is 2.26. The average Bonchev–Trinajstić information content (AvgIpc) is 3.36. The van der Waals surface area contributed by atoms with Crippen LogP contribution in [0.3, 0.4) is 0 Å². The molecule has 1 aliphatic rings. The Bertz CT molecular complexity index is 1100. The number of hydrogen-bond donors (Lipinski definition) is 8. The zero-order valence-corrected chi connectivity index (χ0v) is 45.8. The maximum Gasteiger partial charge on any atom is 0.249 e. The van der Waals surface area contributed by atoms with Gasteiger partial charge >= 0.3 is 0 Å². The topological polar surface area (TPSA) is 189 Å². The number of nitrogens with one attached hydrogen (secondary N) is 1. The van der Waals surface area contributed by atoms with Gasteiger partial charge in [0.2, 0.25) is 5.91 Å². The Labute approximate surface area is 430 Å². The van der Waals surface area contributed by atoms with Gasteiger partial charge < -0.3 is 50.5 Å². The van der Waals surface area contributed by atoms with Crippen molar-refractivity contribution in [2.75, 3.05) is 13.2 Å². The Hall–Kier alpha value is -0.890. The SMILES string of the molecule is CCCCCCCCCCCCCCCCCCCCCCCCCCCC(O)C(O)C(COC1OC(CO)C(O)C(O)C1O)NC(=O)C(O)CCCCCCCCCCCCCCCCCCCC. The van der Waals surface area contributed by atoms with Crippen molar-refractivity contribution in [3.63, 3.8) is 0 Å². The molecule has 0 spiro atoms. The van der Waals surface area contributed by atoms with Crippen LogP contribution in [-0.2, 0) is 14.3 Å². The van der Waals surface area contributed by atoms with Gasteiger partial charge in [-0.1, -0.05) is 290 Å². The van der Waals surface area contributed by atoms with E-state index < -0.39 is 74.2 Å². The molecule has 0 aromatic heterocycles. The van der Waals surface area contributed by atoms with E-state index in [-0.39, 0.29) is 6.42 Å². The molecule has 1 saturated heterocycles. The van der Waals surface area contributed by atoms with Crippen LogP contribution in [0.4, 0.5) is 0 Å². The zero-order valence-electron chi connectivity index (χ0n) is 45.8. The van der Waals surface area contributed by atoms with Crippen molar-refractivity contribution in [1.29, 1.82) is 0 Å². The fourth-order valence-electron chi connectivity index (χ4n) is 10.2. The van der Waals surface area contributed by atoms with Gasteiger partial charge in [0.05, 0.1) is 25.4 Å². The highest BCUT2D eigenvalue weighted by Gasteiger charge is 2.44. The molecule has 1 heterocycles. The van der Waals surface area contributed by atoms with Crippen molar-refractivity contribution in [3.8, 4) is 0 Å². The van der Waals surface area contributed by atoms with E-state index in [1.165, 1.54) is 225 Å². The molecule has 70 heavy (non-hydrogen) atoms. The van der Waals surface area contributed by atoms with Gasteiger partial charge in [-0.2, -0.15) is 0 Å². The molecule has 9 unspecified atom stereocenters. The number of carbonyl (C=O) groups excluding carboxylic acids is 1. The van der Waals surface area contributed by atoms with E-state index in [9.17, 15) is 40.5 Å². The number of aliphatic hydroxyl groups excluding tert-OH is 7. The fraction of sp³-hybridized carbons (Fsp3) is 0.983. The fourth-order valence-corrected chi connectivity index (χ4v) is 10.2. The standard InChI is InChI=1S/C59H117NO10/c1-3-5-7-9-11-13-15-17-19-21-23-24-25-26-27-28-29-31-32-34-36-38-40-42-44-46-51(62)54(64)50(49-69-59-57(67)56(66)55(65)53(48-61)70-59)60-58(68)52(63)47-45-43-41-39-37-35-33-30-22-20-18-16-14-12-10-8-6-4-2/h50-57,59,61-67H,3-49H2,1-2H3,(H,60,68). The minimum absolute atomic E-state index is 0.267. The van der Waals surface area contributed by atoms with Gasteiger partial charge in [0, 0.05) is 0 Å². The first-order valence-corrected chi connectivity index (χ1v) is 30.4. The van der Waals surface area contributed by atoms with Crippen LogP contribution in [0.15, 0.2) is 0 Å². The van der Waals surface area contributed by atoms with Crippen LogP contribution in [0, 0.1) is 0 Å². The number of ether oxygens (including phenoxy) is 2. The van der Waals surface area contributed by atoms with Crippen molar-refractivity contribution in [3.05, 3.63) is 0 Å². The summed E-state index contributed by atoms with van der Waals surface area (Å²) in [6.45, 7) is 3.50. The highest BCUT2D eigenvalue weighted by molar-refractivity contribution is 5.80. The normalized spacial score (nSPS) is 20.2. The summed E-state index contributed by atoms with van der Waals surface area (Å²) in [6, 6.07) is -1.16. The van der Waals surface area contributed by atoms with Gasteiger partial charge in [-0.05, 0) is 12.8 Å². The second kappa shape index (κ2) is 49.0. The number of hydrogen-bond acceptors (Lipinski definition) is 10. The predicted molar refractivity (Wildman–Crippen MR) is 289 cm³/mol. The Morgan fingerprint density at radius 3 is 1.06 bits per heavy atom. The van der Waals surface area contributed by atoms with E-state index in [2.05, 4.69) is 19.2 Å². The van der Waals surface area contributed by atoms with E-state index in [1.54, 1.807) is 0 Å². The lowest BCUT2D eigenvalue weighted by molar-refractivity contribution is -0.303. The number of carbonyl (C=O) groups is 1. The minimum Gasteiger partial charge on any atom is -0.394 e. The second-order valence-corrected chi connectivity index (χ2v) is 21.8. The lowest BCUT2D eigenvalue weighted by Gasteiger charge is -2.40. The zero-order chi connectivity index (χ0) is 51.1. The van der Waals surface area contributed by atoms with E-state index in [0.29, 0.717) is 19.3 Å². The predicted octanol–water partition coefficient (Wildman–Crippen LogP) is 13.0. The molecule has 418 valence electrons. The molecule has 0 aromatic rings. The van der Waals surface area contributed by atoms with Crippen LogP contribution in [0.2, 0.25) is 0 Å². The summed E-state index contributed by atoms with van der Waals surface area (Å²) in [5, 5.41) is 76.2. The molecule has 0 aromatic carbocycles. The molecule has 9 atom stereocenters. The van der Waals surface area contributed by atoms with E-state index in [1.807, 2.05) is 0 Å². The van der Waals surface area contributed by atoms with Crippen LogP contribution >= 0.6 is 0 Å². The monoisotopic (exact) mass is 1000 g/mol. The van der Waals surface area contributed by atoms with Crippen LogP contribution in [-0.4, -0.2) is 110 Å². The summed E-state index contributed by atoms with van der Waals surface area (Å²) in [7, 11) is 0. The third kappa shape index (κ3) is 36.9. The van der Waals surface area contributed by atoms with Gasteiger partial charge in [0.1, 0.15) is 36.6 Å². The van der Waals surface area contributed by atoms with Gasteiger partial charge in [-0.25, -0.2) is 0 Å². The van der Waals surface area contributed by atoms with Crippen LogP contribution in [0.25, 0.3) is 0 Å². The molecule has 8 N–H and O–H groups in total. The largest absolute Gasteiger partial charge is 0.394 e. The van der Waals surface area contributed by atoms with Crippen LogP contribution < -0.4 is 5.32 Å². The Morgan fingerprint density at radius 1 is 0.443 bits per heavy atom. The number of unbranched alkanes of at least 4 members (excludes halogenated alkanes) is 41. The molecule has 1 fully saturated rings. The van der Waals surface area contributed by atoms with Crippen LogP contribution in [0.5, 0.6) is 0 Å². The molecule has 1 rings (SSSR count). The molecule has 11 nitrogen and oxygen atoms in total. The third-order valence-corrected chi connectivity index (χ3v) is 15.2. The highest BCUT2D eigenvalue weighted by atomic mass is 16.7. The summed E-state index contributed by atoms with van der Waals surface area (Å²) < 4.78 is 11.2. The minimum atomic E-state index is -1.66. The van der Waals surface area contributed by atoms with Crippen molar-refractivity contribution in [2.45, 2.75) is 358 Å². The summed E-state index contributed by atoms with van der Waals surface area (Å²) >= 11 is 0. The van der Waals surface area contributed by atoms with Crippen LogP contribution in [0.1, 0.15) is 303 Å². The average molecular weight is 1000 g/mol. The second-order valence-electron chi connectivity index (χ2n) is 21.8. The number of rotatable bonds is 53. The first kappa shape index (κ1) is 67.1. The Morgan fingerprint density at radius 2 is 0.743 bits per heavy atom. The molecule has 1 aliphatic heterocycles. The molecule has 0 saturated carbocycles. The molecule has 11 heteroatoms. The van der Waals surface area contributed by atoms with Crippen molar-refractivity contribution < 1.29 is 50.0 Å². The van der Waals surface area contributed by atoms with E-state index >= 15 is 0 Å². The molecular formula is C59H117NO10. The van der Waals surface area contributed by atoms with E-state index in [4.69, 9.17) is 9.47 Å². The summed E-state index contributed by atoms with van der Waals surface area (Å²) in [5.74, 6) is -0.689. The van der Waals surface area contributed by atoms with Crippen molar-refractivity contribution in [2.24, 2.45) is 0 Å². The van der Waals surface area contributed by atoms with Gasteiger partial charge in [-0.15, -0.1) is 0 Å². The quantitative estimate of drug-likeness (QED) is 0.0272. The van der Waals surface area contributed by atoms with Gasteiger partial charge in [0.15, 0.2) is 6.29 Å².